The summed E-state index contributed by atoms with van der Waals surface area (Å²) in [5.74, 6) is 1.41. The molecular weight excluding hydrogens is 372 g/mol. The lowest BCUT2D eigenvalue weighted by atomic mass is 10.4. The van der Waals surface area contributed by atoms with Crippen LogP contribution in [0.1, 0.15) is 32.6 Å². The van der Waals surface area contributed by atoms with Crippen LogP contribution in [0.15, 0.2) is 39.4 Å². The molecule has 0 saturated heterocycles. The maximum absolute atomic E-state index is 12.4. The predicted molar refractivity (Wildman–Crippen MR) is 103 cm³/mol. The number of amides is 1. The monoisotopic (exact) mass is 392 g/mol. The van der Waals surface area contributed by atoms with E-state index < -0.39 is 0 Å². The third-order valence-electron chi connectivity index (χ3n) is 3.46. The van der Waals surface area contributed by atoms with E-state index in [1.54, 1.807) is 23.2 Å². The molecule has 8 nitrogen and oxygen atoms in total. The van der Waals surface area contributed by atoms with Crippen molar-refractivity contribution in [2.45, 2.75) is 42.9 Å². The second-order valence-electron chi connectivity index (χ2n) is 5.81. The van der Waals surface area contributed by atoms with Gasteiger partial charge in [-0.3, -0.25) is 4.79 Å². The van der Waals surface area contributed by atoms with Crippen LogP contribution in [-0.4, -0.2) is 31.1 Å². The molecule has 0 saturated carbocycles. The van der Waals surface area contributed by atoms with E-state index in [4.69, 9.17) is 4.42 Å². The zero-order valence-corrected chi connectivity index (χ0v) is 16.3. The summed E-state index contributed by atoms with van der Waals surface area (Å²) in [5.41, 5.74) is 0. The molecule has 138 valence electrons. The molecule has 0 fully saturated rings. The molecule has 0 aromatic carbocycles. The number of carbonyl (C=O) groups excluding carboxylic acids is 1. The molecule has 3 aromatic heterocycles. The minimum absolute atomic E-state index is 0.0994. The molecule has 1 unspecified atom stereocenters. The second-order valence-corrected chi connectivity index (χ2v) is 8.38. The van der Waals surface area contributed by atoms with Crippen molar-refractivity contribution in [2.75, 3.05) is 10.6 Å². The first kappa shape index (κ1) is 18.5. The highest BCUT2D eigenvalue weighted by molar-refractivity contribution is 8.02. The van der Waals surface area contributed by atoms with Gasteiger partial charge in [0.25, 0.3) is 0 Å². The van der Waals surface area contributed by atoms with Crippen LogP contribution in [-0.2, 0) is 11.3 Å². The predicted octanol–water partition coefficient (Wildman–Crippen LogP) is 3.64. The van der Waals surface area contributed by atoms with Gasteiger partial charge >= 0.3 is 0 Å². The number of nitrogens with zero attached hydrogens (tertiary/aromatic N) is 4. The highest BCUT2D eigenvalue weighted by Crippen LogP contribution is 2.29. The quantitative estimate of drug-likeness (QED) is 0.565. The van der Waals surface area contributed by atoms with Crippen LogP contribution < -0.4 is 10.6 Å². The Hall–Kier alpha value is -2.33. The molecule has 3 heterocycles. The van der Waals surface area contributed by atoms with Crippen molar-refractivity contribution in [2.24, 2.45) is 0 Å². The SMILES string of the molecule is CC(Sc1nnc(NCc2ccco2)s1)C(=O)Nc1ccnn1C(C)C. The highest BCUT2D eigenvalue weighted by atomic mass is 32.2. The molecule has 3 rings (SSSR count). The van der Waals surface area contributed by atoms with E-state index in [1.165, 1.54) is 23.1 Å². The van der Waals surface area contributed by atoms with Crippen molar-refractivity contribution in [1.29, 1.82) is 0 Å². The third-order valence-corrected chi connectivity index (χ3v) is 5.52. The van der Waals surface area contributed by atoms with Crippen LogP contribution in [0.25, 0.3) is 0 Å². The average Bonchev–Trinajstić information content (AvgIpc) is 3.34. The number of nitrogens with one attached hydrogen (secondary N) is 2. The molecule has 0 aliphatic rings. The van der Waals surface area contributed by atoms with E-state index in [9.17, 15) is 4.79 Å². The van der Waals surface area contributed by atoms with E-state index in [0.29, 0.717) is 17.5 Å². The van der Waals surface area contributed by atoms with Gasteiger partial charge in [0.1, 0.15) is 11.6 Å². The zero-order chi connectivity index (χ0) is 18.5. The summed E-state index contributed by atoms with van der Waals surface area (Å²) in [6, 6.07) is 5.69. The Balaban J connectivity index is 1.53. The molecule has 0 aliphatic carbocycles. The molecule has 26 heavy (non-hydrogen) atoms. The topological polar surface area (TPSA) is 97.9 Å². The number of furan rings is 1. The maximum Gasteiger partial charge on any atom is 0.238 e. The van der Waals surface area contributed by atoms with Gasteiger partial charge in [0.05, 0.1) is 24.3 Å². The van der Waals surface area contributed by atoms with Gasteiger partial charge < -0.3 is 15.1 Å². The highest BCUT2D eigenvalue weighted by Gasteiger charge is 2.19. The van der Waals surface area contributed by atoms with Crippen LogP contribution in [0.4, 0.5) is 10.9 Å². The molecule has 0 bridgehead atoms. The molecule has 2 N–H and O–H groups in total. The van der Waals surface area contributed by atoms with E-state index in [2.05, 4.69) is 25.9 Å². The number of hydrogen-bond donors (Lipinski definition) is 2. The fourth-order valence-electron chi connectivity index (χ4n) is 2.16. The molecule has 1 amide bonds. The standard InChI is InChI=1S/C16H20N6O2S2/c1-10(2)22-13(6-7-18-22)19-14(23)11(3)25-16-21-20-15(26-16)17-9-12-5-4-8-24-12/h4-8,10-11H,9H2,1-3H3,(H,17,20)(H,19,23). The summed E-state index contributed by atoms with van der Waals surface area (Å²) in [6.07, 6.45) is 3.30. The smallest absolute Gasteiger partial charge is 0.238 e. The van der Waals surface area contributed by atoms with Gasteiger partial charge in [-0.15, -0.1) is 10.2 Å². The first-order valence-corrected chi connectivity index (χ1v) is 9.83. The normalized spacial score (nSPS) is 12.3. The number of aromatic nitrogens is 4. The Morgan fingerprint density at radius 2 is 2.19 bits per heavy atom. The summed E-state index contributed by atoms with van der Waals surface area (Å²) < 4.78 is 7.77. The lowest BCUT2D eigenvalue weighted by Crippen LogP contribution is -2.24. The first-order valence-electron chi connectivity index (χ1n) is 8.13. The maximum atomic E-state index is 12.4. The fourth-order valence-corrected chi connectivity index (χ4v) is 4.05. The van der Waals surface area contributed by atoms with Crippen LogP contribution in [0, 0.1) is 0 Å². The van der Waals surface area contributed by atoms with Gasteiger partial charge in [0.2, 0.25) is 11.0 Å². The van der Waals surface area contributed by atoms with Crippen molar-refractivity contribution in [3.8, 4) is 0 Å². The first-order chi connectivity index (χ1) is 12.5. The molecule has 10 heteroatoms. The molecule has 1 atom stereocenters. The van der Waals surface area contributed by atoms with Crippen molar-refractivity contribution >= 4 is 40.0 Å². The summed E-state index contributed by atoms with van der Waals surface area (Å²) >= 11 is 2.78. The molecule has 0 spiro atoms. The van der Waals surface area contributed by atoms with Crippen LogP contribution >= 0.6 is 23.1 Å². The van der Waals surface area contributed by atoms with Crippen molar-refractivity contribution in [3.05, 3.63) is 36.4 Å². The largest absolute Gasteiger partial charge is 0.467 e. The van der Waals surface area contributed by atoms with E-state index in [1.807, 2.05) is 32.9 Å². The van der Waals surface area contributed by atoms with Gasteiger partial charge in [-0.25, -0.2) is 4.68 Å². The molecular formula is C16H20N6O2S2. The molecule has 0 radical (unpaired) electrons. The van der Waals surface area contributed by atoms with Crippen molar-refractivity contribution in [1.82, 2.24) is 20.0 Å². The van der Waals surface area contributed by atoms with Crippen LogP contribution in [0.2, 0.25) is 0 Å². The lowest BCUT2D eigenvalue weighted by Gasteiger charge is -2.14. The Bertz CT molecular complexity index is 843. The van der Waals surface area contributed by atoms with Gasteiger partial charge in [0.15, 0.2) is 4.34 Å². The van der Waals surface area contributed by atoms with Gasteiger partial charge in [0, 0.05) is 12.1 Å². The number of anilines is 2. The summed E-state index contributed by atoms with van der Waals surface area (Å²) in [6.45, 7) is 6.41. The Morgan fingerprint density at radius 3 is 2.92 bits per heavy atom. The van der Waals surface area contributed by atoms with Crippen molar-refractivity contribution < 1.29 is 9.21 Å². The Morgan fingerprint density at radius 1 is 1.35 bits per heavy atom. The second kappa shape index (κ2) is 8.37. The lowest BCUT2D eigenvalue weighted by molar-refractivity contribution is -0.115. The number of thioether (sulfide) groups is 1. The van der Waals surface area contributed by atoms with Crippen molar-refractivity contribution in [3.63, 3.8) is 0 Å². The zero-order valence-electron chi connectivity index (χ0n) is 14.7. The number of rotatable bonds is 8. The fraction of sp³-hybridized carbons (Fsp3) is 0.375. The summed E-state index contributed by atoms with van der Waals surface area (Å²) in [4.78, 5) is 12.4. The van der Waals surface area contributed by atoms with E-state index in [-0.39, 0.29) is 17.2 Å². The summed E-state index contributed by atoms with van der Waals surface area (Å²) in [7, 11) is 0. The van der Waals surface area contributed by atoms with Crippen LogP contribution in [0.3, 0.4) is 0 Å². The third kappa shape index (κ3) is 4.64. The molecule has 3 aromatic rings. The minimum Gasteiger partial charge on any atom is -0.467 e. The minimum atomic E-state index is -0.309. The average molecular weight is 393 g/mol. The van der Waals surface area contributed by atoms with Gasteiger partial charge in [-0.1, -0.05) is 23.1 Å². The number of carbonyl (C=O) groups is 1. The Kier molecular flexibility index (Phi) is 5.94. The van der Waals surface area contributed by atoms with Gasteiger partial charge in [-0.05, 0) is 32.9 Å². The van der Waals surface area contributed by atoms with E-state index >= 15 is 0 Å². The van der Waals surface area contributed by atoms with Crippen LogP contribution in [0.5, 0.6) is 0 Å². The van der Waals surface area contributed by atoms with Gasteiger partial charge in [-0.2, -0.15) is 5.10 Å². The molecule has 0 aliphatic heterocycles. The number of hydrogen-bond acceptors (Lipinski definition) is 8. The summed E-state index contributed by atoms with van der Waals surface area (Å²) in [5, 5.41) is 18.9. The Labute approximate surface area is 159 Å². The van der Waals surface area contributed by atoms with E-state index in [0.717, 1.165) is 10.1 Å².